The van der Waals surface area contributed by atoms with Crippen LogP contribution in [0, 0.1) is 6.92 Å². The largest absolute Gasteiger partial charge is 0.441 e. The van der Waals surface area contributed by atoms with Crippen molar-refractivity contribution in [1.29, 1.82) is 0 Å². The van der Waals surface area contributed by atoms with Gasteiger partial charge < -0.3 is 19.7 Å². The second-order valence-corrected chi connectivity index (χ2v) is 4.30. The van der Waals surface area contributed by atoms with Gasteiger partial charge in [0, 0.05) is 25.7 Å². The van der Waals surface area contributed by atoms with Crippen molar-refractivity contribution in [3.05, 3.63) is 36.7 Å². The molecular formula is C14H17N3O3. The smallest absolute Gasteiger partial charge is 0.322 e. The van der Waals surface area contributed by atoms with E-state index in [1.165, 1.54) is 4.90 Å². The van der Waals surface area contributed by atoms with Crippen molar-refractivity contribution in [3.8, 4) is 0 Å². The molecule has 2 aromatic rings. The first-order chi connectivity index (χ1) is 9.63. The van der Waals surface area contributed by atoms with E-state index < -0.39 is 0 Å². The Morgan fingerprint density at radius 2 is 2.40 bits per heavy atom. The third-order valence-corrected chi connectivity index (χ3v) is 2.75. The van der Waals surface area contributed by atoms with Crippen molar-refractivity contribution in [3.63, 3.8) is 0 Å². The maximum atomic E-state index is 12.0. The van der Waals surface area contributed by atoms with Gasteiger partial charge >= 0.3 is 6.03 Å². The molecule has 0 atom stereocenters. The summed E-state index contributed by atoms with van der Waals surface area (Å²) >= 11 is 0. The lowest BCUT2D eigenvalue weighted by Gasteiger charge is -2.20. The zero-order chi connectivity index (χ0) is 14.5. The first-order valence-corrected chi connectivity index (χ1v) is 6.29. The van der Waals surface area contributed by atoms with Gasteiger partial charge in [0.25, 0.3) is 0 Å². The van der Waals surface area contributed by atoms with Gasteiger partial charge in [0.05, 0.1) is 6.61 Å². The number of carbonyl (C=O) groups excluding carboxylic acids is 1. The predicted molar refractivity (Wildman–Crippen MR) is 76.6 cm³/mol. The molecule has 6 nitrogen and oxygen atoms in total. The number of rotatable bonds is 5. The summed E-state index contributed by atoms with van der Waals surface area (Å²) in [4.78, 5) is 17.7. The summed E-state index contributed by atoms with van der Waals surface area (Å²) in [5, 5.41) is 11.7. The van der Waals surface area contributed by atoms with Gasteiger partial charge in [0.15, 0.2) is 11.5 Å². The Balaban J connectivity index is 2.13. The number of urea groups is 1. The number of hydrogen-bond donors (Lipinski definition) is 2. The van der Waals surface area contributed by atoms with Crippen LogP contribution < -0.4 is 5.32 Å². The van der Waals surface area contributed by atoms with Crippen LogP contribution in [0.15, 0.2) is 35.3 Å². The van der Waals surface area contributed by atoms with E-state index in [9.17, 15) is 4.79 Å². The van der Waals surface area contributed by atoms with Crippen LogP contribution in [0.4, 0.5) is 10.5 Å². The molecule has 1 aromatic heterocycles. The number of aryl methyl sites for hydroxylation is 1. The van der Waals surface area contributed by atoms with Gasteiger partial charge in [-0.2, -0.15) is 0 Å². The normalized spacial score (nSPS) is 10.5. The fourth-order valence-electron chi connectivity index (χ4n) is 1.88. The number of fused-ring (bicyclic) bond motifs is 1. The number of anilines is 1. The zero-order valence-electron chi connectivity index (χ0n) is 11.3. The van der Waals surface area contributed by atoms with Crippen LogP contribution >= 0.6 is 0 Å². The number of carbonyl (C=O) groups is 1. The van der Waals surface area contributed by atoms with E-state index in [4.69, 9.17) is 9.52 Å². The summed E-state index contributed by atoms with van der Waals surface area (Å²) in [5.41, 5.74) is 2.00. The first kappa shape index (κ1) is 14.1. The van der Waals surface area contributed by atoms with Gasteiger partial charge in [-0.05, 0) is 18.2 Å². The molecule has 0 saturated carbocycles. The van der Waals surface area contributed by atoms with Gasteiger partial charge in [0.2, 0.25) is 0 Å². The highest BCUT2D eigenvalue weighted by molar-refractivity contribution is 5.91. The van der Waals surface area contributed by atoms with E-state index in [1.807, 2.05) is 0 Å². The van der Waals surface area contributed by atoms with Gasteiger partial charge in [-0.3, -0.25) is 0 Å². The summed E-state index contributed by atoms with van der Waals surface area (Å²) in [6.07, 6.45) is 1.61. The minimum atomic E-state index is -0.293. The SMILES string of the molecule is C=CCN(CCO)C(=O)Nc1ccc2oc(C)nc2c1. The molecule has 20 heavy (non-hydrogen) atoms. The third-order valence-electron chi connectivity index (χ3n) is 2.75. The second kappa shape index (κ2) is 6.21. The Hall–Kier alpha value is -2.34. The Morgan fingerprint density at radius 1 is 1.60 bits per heavy atom. The summed E-state index contributed by atoms with van der Waals surface area (Å²) in [6, 6.07) is 4.96. The maximum Gasteiger partial charge on any atom is 0.322 e. The molecule has 0 saturated heterocycles. The van der Waals surface area contributed by atoms with Crippen LogP contribution in [0.5, 0.6) is 0 Å². The van der Waals surface area contributed by atoms with Gasteiger partial charge in [-0.15, -0.1) is 6.58 Å². The van der Waals surface area contributed by atoms with Crippen molar-refractivity contribution >= 4 is 22.8 Å². The Bertz CT molecular complexity index is 621. The topological polar surface area (TPSA) is 78.6 Å². The summed E-state index contributed by atoms with van der Waals surface area (Å²) in [7, 11) is 0. The fraction of sp³-hybridized carbons (Fsp3) is 0.286. The molecule has 0 bridgehead atoms. The Kier molecular flexibility index (Phi) is 4.37. The molecule has 0 unspecified atom stereocenters. The monoisotopic (exact) mass is 275 g/mol. The lowest BCUT2D eigenvalue weighted by Crippen LogP contribution is -2.37. The number of benzene rings is 1. The molecule has 0 fully saturated rings. The van der Waals surface area contributed by atoms with Crippen molar-refractivity contribution in [2.45, 2.75) is 6.92 Å². The van der Waals surface area contributed by atoms with Crippen molar-refractivity contribution in [2.75, 3.05) is 25.0 Å². The van der Waals surface area contributed by atoms with Crippen LogP contribution in [-0.4, -0.2) is 40.7 Å². The lowest BCUT2D eigenvalue weighted by atomic mass is 10.3. The lowest BCUT2D eigenvalue weighted by molar-refractivity contribution is 0.195. The highest BCUT2D eigenvalue weighted by Crippen LogP contribution is 2.19. The molecule has 0 spiro atoms. The molecule has 0 radical (unpaired) electrons. The molecule has 0 aliphatic heterocycles. The minimum Gasteiger partial charge on any atom is -0.441 e. The number of hydrogen-bond acceptors (Lipinski definition) is 4. The zero-order valence-corrected chi connectivity index (χ0v) is 11.3. The van der Waals surface area contributed by atoms with Gasteiger partial charge in [0.1, 0.15) is 5.52 Å². The molecule has 106 valence electrons. The molecule has 0 aliphatic rings. The van der Waals surface area contributed by atoms with E-state index in [-0.39, 0.29) is 19.2 Å². The van der Waals surface area contributed by atoms with Gasteiger partial charge in [-0.1, -0.05) is 6.08 Å². The van der Waals surface area contributed by atoms with Crippen molar-refractivity contribution in [2.24, 2.45) is 0 Å². The molecule has 6 heteroatoms. The number of nitrogens with zero attached hydrogens (tertiary/aromatic N) is 2. The Morgan fingerprint density at radius 3 is 3.10 bits per heavy atom. The standard InChI is InChI=1S/C14H17N3O3/c1-3-6-17(7-8-18)14(19)16-11-4-5-13-12(9-11)15-10(2)20-13/h3-5,9,18H,1,6-8H2,2H3,(H,16,19). The average molecular weight is 275 g/mol. The first-order valence-electron chi connectivity index (χ1n) is 6.29. The molecule has 2 rings (SSSR count). The van der Waals surface area contributed by atoms with Crippen LogP contribution in [0.3, 0.4) is 0 Å². The highest BCUT2D eigenvalue weighted by Gasteiger charge is 2.12. The molecule has 2 amide bonds. The third kappa shape index (κ3) is 3.16. The number of amides is 2. The molecule has 2 N–H and O–H groups in total. The number of aromatic nitrogens is 1. The predicted octanol–water partition coefficient (Wildman–Crippen LogP) is 2.15. The van der Waals surface area contributed by atoms with Gasteiger partial charge in [-0.25, -0.2) is 9.78 Å². The summed E-state index contributed by atoms with van der Waals surface area (Å²) < 4.78 is 5.37. The van der Waals surface area contributed by atoms with E-state index >= 15 is 0 Å². The van der Waals surface area contributed by atoms with Crippen LogP contribution in [0.2, 0.25) is 0 Å². The summed E-state index contributed by atoms with van der Waals surface area (Å²) in [5.74, 6) is 0.581. The average Bonchev–Trinajstić information content (AvgIpc) is 2.77. The fourth-order valence-corrected chi connectivity index (χ4v) is 1.88. The van der Waals surface area contributed by atoms with Crippen LogP contribution in [-0.2, 0) is 0 Å². The Labute approximate surface area is 116 Å². The van der Waals surface area contributed by atoms with E-state index in [0.29, 0.717) is 29.2 Å². The van der Waals surface area contributed by atoms with E-state index in [0.717, 1.165) is 0 Å². The van der Waals surface area contributed by atoms with Crippen molar-refractivity contribution < 1.29 is 14.3 Å². The second-order valence-electron chi connectivity index (χ2n) is 4.30. The quantitative estimate of drug-likeness (QED) is 0.819. The number of oxazole rings is 1. The summed E-state index contributed by atoms with van der Waals surface area (Å²) in [6.45, 7) is 5.89. The van der Waals surface area contributed by atoms with Crippen LogP contribution in [0.1, 0.15) is 5.89 Å². The minimum absolute atomic E-state index is 0.0945. The van der Waals surface area contributed by atoms with E-state index in [1.54, 1.807) is 31.2 Å². The highest BCUT2D eigenvalue weighted by atomic mass is 16.3. The number of aliphatic hydroxyl groups excluding tert-OH is 1. The molecule has 1 heterocycles. The number of nitrogens with one attached hydrogen (secondary N) is 1. The molecule has 0 aliphatic carbocycles. The maximum absolute atomic E-state index is 12.0. The molecular weight excluding hydrogens is 258 g/mol. The van der Waals surface area contributed by atoms with Crippen molar-refractivity contribution in [1.82, 2.24) is 9.88 Å². The molecule has 1 aromatic carbocycles. The van der Waals surface area contributed by atoms with Crippen LogP contribution in [0.25, 0.3) is 11.1 Å². The number of aliphatic hydroxyl groups is 1. The van der Waals surface area contributed by atoms with E-state index in [2.05, 4.69) is 16.9 Å².